The second kappa shape index (κ2) is 12.2. The van der Waals surface area contributed by atoms with Gasteiger partial charge in [0.2, 0.25) is 5.88 Å². The highest BCUT2D eigenvalue weighted by Gasteiger charge is 2.18. The van der Waals surface area contributed by atoms with Crippen LogP contribution in [0.2, 0.25) is 0 Å². The van der Waals surface area contributed by atoms with Crippen LogP contribution in [-0.4, -0.2) is 28.8 Å². The van der Waals surface area contributed by atoms with Crippen molar-refractivity contribution in [3.8, 4) is 28.3 Å². The first-order chi connectivity index (χ1) is 17.1. The molecule has 2 aromatic carbocycles. The maximum atomic E-state index is 11.1. The Morgan fingerprint density at radius 3 is 2.26 bits per heavy atom. The van der Waals surface area contributed by atoms with E-state index >= 15 is 0 Å². The van der Waals surface area contributed by atoms with Crippen LogP contribution in [-0.2, 0) is 4.79 Å². The minimum Gasteiger partial charge on any atom is -0.479 e. The van der Waals surface area contributed by atoms with Crippen LogP contribution in [0.15, 0.2) is 84.1 Å². The molecule has 1 heterocycles. The summed E-state index contributed by atoms with van der Waals surface area (Å²) in [4.78, 5) is 15.9. The van der Waals surface area contributed by atoms with E-state index in [1.54, 1.807) is 0 Å². The Hall–Kier alpha value is -3.64. The lowest BCUT2D eigenvalue weighted by Gasteiger charge is -2.25. The van der Waals surface area contributed by atoms with Gasteiger partial charge in [-0.2, -0.15) is 0 Å². The van der Waals surface area contributed by atoms with Crippen LogP contribution in [0.1, 0.15) is 44.9 Å². The Morgan fingerprint density at radius 2 is 1.63 bits per heavy atom. The Balaban J connectivity index is 1.34. The number of carboxylic acid groups (broad SMARTS) is 1. The lowest BCUT2D eigenvalue weighted by Crippen LogP contribution is -2.44. The van der Waals surface area contributed by atoms with Crippen molar-refractivity contribution < 1.29 is 14.6 Å². The summed E-state index contributed by atoms with van der Waals surface area (Å²) in [7, 11) is 0. The van der Waals surface area contributed by atoms with Gasteiger partial charge < -0.3 is 20.9 Å². The number of hydrogen-bond donors (Lipinski definition) is 3. The van der Waals surface area contributed by atoms with E-state index in [1.165, 1.54) is 5.57 Å². The molecule has 0 spiro atoms. The van der Waals surface area contributed by atoms with Crippen LogP contribution in [0.4, 0.5) is 0 Å². The maximum Gasteiger partial charge on any atom is 0.341 e. The molecule has 1 aliphatic rings. The number of nitrogens with two attached hydrogens (primary N) is 1. The molecule has 1 aromatic heterocycles. The van der Waals surface area contributed by atoms with E-state index in [1.807, 2.05) is 42.5 Å². The Labute approximate surface area is 206 Å². The van der Waals surface area contributed by atoms with Gasteiger partial charge >= 0.3 is 5.97 Å². The standard InChI is InChI=1S/C29H33N3O3/c30-28(29(33)34)32-25(22-15-10-16-22)17-8-3-9-18-35-27-20-24(21-11-4-1-5-12-21)19-26(31-27)23-13-6-2-7-14-23/h1-2,4-7,11-14,19-20,28,32H,3,8-10,15-18,30H2,(H,33,34). The van der Waals surface area contributed by atoms with Gasteiger partial charge in [0.15, 0.2) is 6.17 Å². The smallest absolute Gasteiger partial charge is 0.341 e. The van der Waals surface area contributed by atoms with Gasteiger partial charge in [-0.15, -0.1) is 0 Å². The van der Waals surface area contributed by atoms with Crippen LogP contribution in [0.25, 0.3) is 22.4 Å². The number of aromatic nitrogens is 1. The second-order valence-corrected chi connectivity index (χ2v) is 8.87. The summed E-state index contributed by atoms with van der Waals surface area (Å²) in [5, 5.41) is 12.1. The Kier molecular flexibility index (Phi) is 8.52. The number of hydrogen-bond acceptors (Lipinski definition) is 5. The summed E-state index contributed by atoms with van der Waals surface area (Å²) in [6.07, 6.45) is 5.82. The van der Waals surface area contributed by atoms with Crippen molar-refractivity contribution in [2.45, 2.75) is 51.1 Å². The zero-order valence-corrected chi connectivity index (χ0v) is 20.0. The third kappa shape index (κ3) is 6.93. The van der Waals surface area contributed by atoms with E-state index < -0.39 is 12.1 Å². The van der Waals surface area contributed by atoms with Crippen LogP contribution in [0.5, 0.6) is 5.88 Å². The zero-order valence-electron chi connectivity index (χ0n) is 20.0. The van der Waals surface area contributed by atoms with Crippen LogP contribution in [0.3, 0.4) is 0 Å². The molecule has 182 valence electrons. The summed E-state index contributed by atoms with van der Waals surface area (Å²) in [6, 6.07) is 24.5. The van der Waals surface area contributed by atoms with Crippen molar-refractivity contribution in [1.82, 2.24) is 10.3 Å². The molecule has 3 aromatic rings. The number of nitrogens with zero attached hydrogens (tertiary/aromatic N) is 1. The molecule has 1 atom stereocenters. The molecule has 6 nitrogen and oxygen atoms in total. The van der Waals surface area contributed by atoms with E-state index in [-0.39, 0.29) is 0 Å². The normalized spacial score (nSPS) is 13.6. The third-order valence-electron chi connectivity index (χ3n) is 6.28. The summed E-state index contributed by atoms with van der Waals surface area (Å²) >= 11 is 0. The predicted octanol–water partition coefficient (Wildman–Crippen LogP) is 5.75. The van der Waals surface area contributed by atoms with Crippen molar-refractivity contribution >= 4 is 5.97 Å². The fourth-order valence-corrected chi connectivity index (χ4v) is 4.15. The molecule has 0 aliphatic heterocycles. The first-order valence-corrected chi connectivity index (χ1v) is 12.3. The van der Waals surface area contributed by atoms with E-state index in [0.29, 0.717) is 12.5 Å². The number of carboxylic acids is 1. The van der Waals surface area contributed by atoms with Crippen molar-refractivity contribution in [1.29, 1.82) is 0 Å². The molecule has 0 radical (unpaired) electrons. The summed E-state index contributed by atoms with van der Waals surface area (Å²) in [6.45, 7) is 0.577. The molecule has 1 saturated carbocycles. The molecule has 6 heteroatoms. The largest absolute Gasteiger partial charge is 0.479 e. The Bertz CT molecular complexity index is 1080. The quantitative estimate of drug-likeness (QED) is 0.230. The van der Waals surface area contributed by atoms with Crippen molar-refractivity contribution in [2.24, 2.45) is 5.73 Å². The highest BCUT2D eigenvalue weighted by atomic mass is 16.5. The first kappa shape index (κ1) is 24.5. The fraction of sp³-hybridized carbons (Fsp3) is 0.310. The van der Waals surface area contributed by atoms with Gasteiger partial charge in [0, 0.05) is 17.3 Å². The number of allylic oxidation sites excluding steroid dienone is 2. The van der Waals surface area contributed by atoms with Crippen molar-refractivity contribution in [2.75, 3.05) is 6.61 Å². The van der Waals surface area contributed by atoms with Gasteiger partial charge in [-0.3, -0.25) is 0 Å². The molecule has 0 amide bonds. The highest BCUT2D eigenvalue weighted by molar-refractivity contribution is 5.73. The van der Waals surface area contributed by atoms with Gasteiger partial charge in [-0.05, 0) is 62.1 Å². The average molecular weight is 472 g/mol. The van der Waals surface area contributed by atoms with Gasteiger partial charge in [0.25, 0.3) is 0 Å². The SMILES string of the molecule is NC(NC(CCCCCOc1cc(-c2ccccc2)cc(-c2ccccc2)n1)=C1CCC1)C(=O)O. The fourth-order valence-electron chi connectivity index (χ4n) is 4.15. The summed E-state index contributed by atoms with van der Waals surface area (Å²) in [5.74, 6) is -0.410. The van der Waals surface area contributed by atoms with Gasteiger partial charge in [0.05, 0.1) is 12.3 Å². The zero-order chi connectivity index (χ0) is 24.5. The first-order valence-electron chi connectivity index (χ1n) is 12.3. The number of carbonyl (C=O) groups is 1. The van der Waals surface area contributed by atoms with E-state index in [0.717, 1.165) is 73.0 Å². The number of aliphatic carboxylic acids is 1. The van der Waals surface area contributed by atoms with Gasteiger partial charge in [-0.1, -0.05) is 66.2 Å². The molecule has 4 rings (SSSR count). The molecule has 0 bridgehead atoms. The van der Waals surface area contributed by atoms with E-state index in [4.69, 9.17) is 20.6 Å². The lowest BCUT2D eigenvalue weighted by atomic mass is 9.89. The Morgan fingerprint density at radius 1 is 0.943 bits per heavy atom. The number of benzene rings is 2. The predicted molar refractivity (Wildman–Crippen MR) is 139 cm³/mol. The highest BCUT2D eigenvalue weighted by Crippen LogP contribution is 2.30. The molecule has 1 aliphatic carbocycles. The summed E-state index contributed by atoms with van der Waals surface area (Å²) in [5.41, 5.74) is 12.2. The number of ether oxygens (including phenoxy) is 1. The topological polar surface area (TPSA) is 97.5 Å². The molecule has 35 heavy (non-hydrogen) atoms. The van der Waals surface area contributed by atoms with E-state index in [2.05, 4.69) is 35.6 Å². The van der Waals surface area contributed by atoms with Crippen molar-refractivity contribution in [3.63, 3.8) is 0 Å². The molecule has 1 fully saturated rings. The average Bonchev–Trinajstić information content (AvgIpc) is 2.85. The number of pyridine rings is 1. The van der Waals surface area contributed by atoms with Crippen LogP contribution in [0, 0.1) is 0 Å². The molecule has 1 unspecified atom stereocenters. The summed E-state index contributed by atoms with van der Waals surface area (Å²) < 4.78 is 6.08. The van der Waals surface area contributed by atoms with Crippen LogP contribution >= 0.6 is 0 Å². The number of unbranched alkanes of at least 4 members (excludes halogenated alkanes) is 2. The van der Waals surface area contributed by atoms with Gasteiger partial charge in [0.1, 0.15) is 0 Å². The van der Waals surface area contributed by atoms with Gasteiger partial charge in [-0.25, -0.2) is 9.78 Å². The van der Waals surface area contributed by atoms with Crippen molar-refractivity contribution in [3.05, 3.63) is 84.1 Å². The molecular formula is C29H33N3O3. The lowest BCUT2D eigenvalue weighted by molar-refractivity contribution is -0.139. The molecular weight excluding hydrogens is 438 g/mol. The van der Waals surface area contributed by atoms with Crippen LogP contribution < -0.4 is 15.8 Å². The van der Waals surface area contributed by atoms with E-state index in [9.17, 15) is 4.79 Å². The second-order valence-electron chi connectivity index (χ2n) is 8.87. The number of rotatable bonds is 12. The maximum absolute atomic E-state index is 11.1. The molecule has 4 N–H and O–H groups in total. The molecule has 0 saturated heterocycles. The minimum atomic E-state index is -1.05. The third-order valence-corrected chi connectivity index (χ3v) is 6.28. The minimum absolute atomic E-state index is 0.577. The number of nitrogens with one attached hydrogen (secondary N) is 1. The monoisotopic (exact) mass is 471 g/mol.